The van der Waals surface area contributed by atoms with Crippen LogP contribution in [0.3, 0.4) is 0 Å². The number of aliphatic carboxylic acids is 1. The number of hydrogen-bond acceptors (Lipinski definition) is 4. The smallest absolute Gasteiger partial charge is 0.335 e. The number of rotatable bonds is 17. The van der Waals surface area contributed by atoms with Crippen molar-refractivity contribution in [1.82, 2.24) is 4.90 Å². The van der Waals surface area contributed by atoms with Gasteiger partial charge in [0, 0.05) is 25.1 Å². The monoisotopic (exact) mass is 547 g/mol. The predicted molar refractivity (Wildman–Crippen MR) is 159 cm³/mol. The highest BCUT2D eigenvalue weighted by Crippen LogP contribution is 2.36. The highest BCUT2D eigenvalue weighted by molar-refractivity contribution is 5.87. The third-order valence-electron chi connectivity index (χ3n) is 8.44. The van der Waals surface area contributed by atoms with E-state index in [2.05, 4.69) is 23.1 Å². The average molecular weight is 548 g/mol. The quantitative estimate of drug-likeness (QED) is 0.204. The molecule has 3 unspecified atom stereocenters. The van der Waals surface area contributed by atoms with E-state index in [4.69, 9.17) is 9.84 Å². The summed E-state index contributed by atoms with van der Waals surface area (Å²) in [5.41, 5.74) is 2.39. The second-order valence-corrected chi connectivity index (χ2v) is 11.7. The van der Waals surface area contributed by atoms with Crippen LogP contribution in [0.4, 0.5) is 0 Å². The minimum Gasteiger partial charge on any atom is -0.493 e. The van der Waals surface area contributed by atoms with Crippen LogP contribution in [0.2, 0.25) is 0 Å². The largest absolute Gasteiger partial charge is 0.493 e. The Morgan fingerprint density at radius 3 is 2.40 bits per heavy atom. The number of carboxylic acid groups (broad SMARTS) is 2. The zero-order valence-electron chi connectivity index (χ0n) is 23.7. The van der Waals surface area contributed by atoms with Crippen molar-refractivity contribution in [3.63, 3.8) is 0 Å². The summed E-state index contributed by atoms with van der Waals surface area (Å²) < 4.78 is 6.20. The van der Waals surface area contributed by atoms with Crippen LogP contribution < -0.4 is 4.74 Å². The molecule has 2 aliphatic rings. The zero-order chi connectivity index (χ0) is 28.2. The highest BCUT2D eigenvalue weighted by Gasteiger charge is 2.32. The number of benzene rings is 2. The molecule has 2 bridgehead atoms. The van der Waals surface area contributed by atoms with Gasteiger partial charge in [0.05, 0.1) is 12.2 Å². The summed E-state index contributed by atoms with van der Waals surface area (Å²) >= 11 is 0. The Hall–Kier alpha value is -3.12. The predicted octanol–water partition coefficient (Wildman–Crippen LogP) is 7.18. The lowest BCUT2D eigenvalue weighted by Crippen LogP contribution is -2.36. The molecule has 0 spiro atoms. The van der Waals surface area contributed by atoms with Gasteiger partial charge < -0.3 is 19.8 Å². The Kier molecular flexibility index (Phi) is 11.7. The fraction of sp³-hybridized carbons (Fsp3) is 0.529. The highest BCUT2D eigenvalue weighted by atomic mass is 16.5. The van der Waals surface area contributed by atoms with Crippen molar-refractivity contribution in [2.24, 2.45) is 17.8 Å². The first-order valence-corrected chi connectivity index (χ1v) is 15.1. The van der Waals surface area contributed by atoms with Gasteiger partial charge in [0.2, 0.25) is 0 Å². The lowest BCUT2D eigenvalue weighted by atomic mass is 9.92. The van der Waals surface area contributed by atoms with E-state index < -0.39 is 11.9 Å². The Labute approximate surface area is 239 Å². The Balaban J connectivity index is 1.26. The van der Waals surface area contributed by atoms with E-state index in [1.165, 1.54) is 51.7 Å². The normalized spacial score (nSPS) is 19.6. The molecular weight excluding hydrogens is 502 g/mol. The lowest BCUT2D eigenvalue weighted by molar-refractivity contribution is -0.137. The minimum absolute atomic E-state index is 0.180. The molecule has 2 N–H and O–H groups in total. The summed E-state index contributed by atoms with van der Waals surface area (Å²) in [4.78, 5) is 24.8. The van der Waals surface area contributed by atoms with Crippen molar-refractivity contribution in [2.75, 3.05) is 26.2 Å². The van der Waals surface area contributed by atoms with Gasteiger partial charge >= 0.3 is 11.9 Å². The van der Waals surface area contributed by atoms with E-state index in [0.717, 1.165) is 54.4 Å². The zero-order valence-corrected chi connectivity index (χ0v) is 23.7. The van der Waals surface area contributed by atoms with Crippen molar-refractivity contribution >= 4 is 18.0 Å². The van der Waals surface area contributed by atoms with Gasteiger partial charge in [-0.15, -0.1) is 0 Å². The SMILES string of the molecule is O=C(O)CCCCC(C=Cc1ccccc1OCCCCCN1CC2CCC(C2)C1)Cc1ccc(C(=O)O)cc1. The van der Waals surface area contributed by atoms with E-state index in [1.54, 1.807) is 12.1 Å². The Morgan fingerprint density at radius 2 is 1.68 bits per heavy atom. The van der Waals surface area contributed by atoms with E-state index >= 15 is 0 Å². The molecule has 1 aliphatic carbocycles. The summed E-state index contributed by atoms with van der Waals surface area (Å²) in [6, 6.07) is 15.1. The first-order valence-electron chi connectivity index (χ1n) is 15.1. The van der Waals surface area contributed by atoms with Gasteiger partial charge in [0.25, 0.3) is 0 Å². The second kappa shape index (κ2) is 15.6. The number of hydrogen-bond donors (Lipinski definition) is 2. The number of carboxylic acids is 2. The van der Waals surface area contributed by atoms with Gasteiger partial charge in [-0.2, -0.15) is 0 Å². The molecule has 1 heterocycles. The summed E-state index contributed by atoms with van der Waals surface area (Å²) in [7, 11) is 0. The number of fused-ring (bicyclic) bond motifs is 2. The molecule has 0 radical (unpaired) electrons. The molecule has 216 valence electrons. The molecule has 6 nitrogen and oxygen atoms in total. The van der Waals surface area contributed by atoms with E-state index in [-0.39, 0.29) is 17.9 Å². The molecule has 1 aliphatic heterocycles. The van der Waals surface area contributed by atoms with Crippen molar-refractivity contribution in [3.8, 4) is 5.75 Å². The van der Waals surface area contributed by atoms with Crippen molar-refractivity contribution < 1.29 is 24.5 Å². The van der Waals surface area contributed by atoms with Crippen LogP contribution in [-0.4, -0.2) is 53.3 Å². The molecule has 4 rings (SSSR count). The maximum absolute atomic E-state index is 11.2. The molecule has 2 aromatic carbocycles. The molecule has 2 fully saturated rings. The van der Waals surface area contributed by atoms with Crippen LogP contribution in [-0.2, 0) is 11.2 Å². The summed E-state index contributed by atoms with van der Waals surface area (Å²) in [6.07, 6.45) is 15.4. The summed E-state index contributed by atoms with van der Waals surface area (Å²) in [5.74, 6) is 1.31. The maximum atomic E-state index is 11.2. The molecule has 0 aromatic heterocycles. The van der Waals surface area contributed by atoms with Crippen LogP contribution in [0, 0.1) is 17.8 Å². The Bertz CT molecular complexity index is 1100. The molecule has 0 amide bonds. The number of likely N-dealkylation sites (tertiary alicyclic amines) is 1. The molecular formula is C34H45NO5. The average Bonchev–Trinajstić information content (AvgIpc) is 3.29. The number of para-hydroxylation sites is 1. The first kappa shape index (κ1) is 29.9. The van der Waals surface area contributed by atoms with Gasteiger partial charge in [0.1, 0.15) is 5.75 Å². The van der Waals surface area contributed by atoms with Gasteiger partial charge in [-0.05, 0) is 106 Å². The van der Waals surface area contributed by atoms with Gasteiger partial charge in [-0.25, -0.2) is 4.79 Å². The third-order valence-corrected chi connectivity index (χ3v) is 8.44. The van der Waals surface area contributed by atoms with Gasteiger partial charge in [-0.1, -0.05) is 48.9 Å². The molecule has 40 heavy (non-hydrogen) atoms. The van der Waals surface area contributed by atoms with E-state index in [1.807, 2.05) is 30.3 Å². The summed E-state index contributed by atoms with van der Waals surface area (Å²) in [5, 5.41) is 18.2. The second-order valence-electron chi connectivity index (χ2n) is 11.7. The number of aromatic carboxylic acids is 1. The third kappa shape index (κ3) is 9.81. The van der Waals surface area contributed by atoms with Crippen LogP contribution in [0.15, 0.2) is 54.6 Å². The van der Waals surface area contributed by atoms with Crippen LogP contribution in [0.1, 0.15) is 85.7 Å². The van der Waals surface area contributed by atoms with Crippen LogP contribution in [0.5, 0.6) is 5.75 Å². The number of carbonyl (C=O) groups is 2. The standard InChI is InChI=1S/C34H45NO5/c36-33(37)11-5-2-8-26(22-27-15-18-31(19-16-27)34(38)39)14-17-30-9-3-4-10-32(30)40-21-7-1-6-20-35-24-28-12-13-29(23-28)25-35/h3-4,9-10,14-19,26,28-29H,1-2,5-8,11-13,20-25H2,(H,36,37)(H,38,39). The molecule has 1 saturated carbocycles. The van der Waals surface area contributed by atoms with E-state index in [9.17, 15) is 14.7 Å². The molecule has 6 heteroatoms. The lowest BCUT2D eigenvalue weighted by Gasteiger charge is -2.31. The van der Waals surface area contributed by atoms with Crippen molar-refractivity contribution in [2.45, 2.75) is 70.6 Å². The molecule has 1 saturated heterocycles. The first-order chi connectivity index (χ1) is 19.5. The van der Waals surface area contributed by atoms with Crippen molar-refractivity contribution in [3.05, 3.63) is 71.3 Å². The molecule has 3 atom stereocenters. The van der Waals surface area contributed by atoms with E-state index in [0.29, 0.717) is 13.0 Å². The van der Waals surface area contributed by atoms with Crippen LogP contribution in [0.25, 0.3) is 6.08 Å². The number of allylic oxidation sites excluding steroid dienone is 1. The van der Waals surface area contributed by atoms with Gasteiger partial charge in [-0.3, -0.25) is 4.79 Å². The Morgan fingerprint density at radius 1 is 0.925 bits per heavy atom. The van der Waals surface area contributed by atoms with Crippen molar-refractivity contribution in [1.29, 1.82) is 0 Å². The molecule has 2 aromatic rings. The number of nitrogens with zero attached hydrogens (tertiary/aromatic N) is 1. The summed E-state index contributed by atoms with van der Waals surface area (Å²) in [6.45, 7) is 4.55. The minimum atomic E-state index is -0.929. The van der Waals surface area contributed by atoms with Gasteiger partial charge in [0.15, 0.2) is 0 Å². The maximum Gasteiger partial charge on any atom is 0.335 e. The fourth-order valence-electron chi connectivity index (χ4n) is 6.32. The topological polar surface area (TPSA) is 87.1 Å². The fourth-order valence-corrected chi connectivity index (χ4v) is 6.32. The number of unbranched alkanes of at least 4 members (excludes halogenated alkanes) is 3. The number of piperidine rings is 1. The van der Waals surface area contributed by atoms with Crippen LogP contribution >= 0.6 is 0 Å². The number of ether oxygens (including phenoxy) is 1.